The Bertz CT molecular complexity index is 489. The van der Waals surface area contributed by atoms with Gasteiger partial charge in [0.15, 0.2) is 0 Å². The van der Waals surface area contributed by atoms with E-state index >= 15 is 0 Å². The molecule has 7 atom stereocenters. The Morgan fingerprint density at radius 1 is 0.760 bits per heavy atom. The Labute approximate surface area is 156 Å². The molecule has 2 nitrogen and oxygen atoms in total. The minimum absolute atomic E-state index is 0.197. The first-order chi connectivity index (χ1) is 11.7. The average molecular weight is 347 g/mol. The van der Waals surface area contributed by atoms with E-state index in [1.807, 2.05) is 0 Å². The van der Waals surface area contributed by atoms with Crippen LogP contribution in [0, 0.1) is 29.6 Å². The molecule has 144 valence electrons. The van der Waals surface area contributed by atoms with Crippen molar-refractivity contribution in [1.29, 1.82) is 0 Å². The van der Waals surface area contributed by atoms with Crippen molar-refractivity contribution in [3.05, 3.63) is 0 Å². The molecule has 4 rings (SSSR count). The van der Waals surface area contributed by atoms with Gasteiger partial charge < -0.3 is 5.32 Å². The van der Waals surface area contributed by atoms with Crippen LogP contribution in [0.2, 0.25) is 0 Å². The third-order valence-electron chi connectivity index (χ3n) is 8.38. The van der Waals surface area contributed by atoms with Crippen LogP contribution in [-0.4, -0.2) is 35.1 Å². The summed E-state index contributed by atoms with van der Waals surface area (Å²) >= 11 is 0. The van der Waals surface area contributed by atoms with Crippen LogP contribution in [-0.2, 0) is 0 Å². The molecule has 7 unspecified atom stereocenters. The lowest BCUT2D eigenvalue weighted by atomic mass is 9.65. The summed E-state index contributed by atoms with van der Waals surface area (Å²) in [7, 11) is 2.49. The number of nitrogens with zero attached hydrogens (tertiary/aromatic N) is 1. The summed E-state index contributed by atoms with van der Waals surface area (Å²) in [5.41, 5.74) is 0.438. The zero-order chi connectivity index (χ0) is 18.0. The molecular formula is C23H42N2. The van der Waals surface area contributed by atoms with Gasteiger partial charge in [0.05, 0.1) is 0 Å². The molecule has 1 saturated heterocycles. The molecule has 0 aromatic rings. The molecule has 0 aromatic heterocycles. The molecule has 25 heavy (non-hydrogen) atoms. The quantitative estimate of drug-likeness (QED) is 0.750. The van der Waals surface area contributed by atoms with Crippen LogP contribution in [0.1, 0.15) is 86.0 Å². The first-order valence-corrected chi connectivity index (χ1v) is 11.2. The Hall–Kier alpha value is -0.0800. The molecule has 3 saturated carbocycles. The van der Waals surface area contributed by atoms with Gasteiger partial charge in [-0.05, 0) is 96.9 Å². The third kappa shape index (κ3) is 3.00. The Balaban J connectivity index is 1.71. The molecule has 0 amide bonds. The number of likely N-dealkylation sites (tertiary alicyclic amines) is 1. The molecule has 1 heterocycles. The Morgan fingerprint density at radius 2 is 1.32 bits per heavy atom. The van der Waals surface area contributed by atoms with Gasteiger partial charge in [0.1, 0.15) is 0 Å². The van der Waals surface area contributed by atoms with E-state index in [-0.39, 0.29) is 11.1 Å². The van der Waals surface area contributed by atoms with Crippen molar-refractivity contribution in [2.45, 2.75) is 109 Å². The van der Waals surface area contributed by atoms with Crippen molar-refractivity contribution >= 4 is 0 Å². The largest absolute Gasteiger partial charge is 0.307 e. The van der Waals surface area contributed by atoms with Crippen molar-refractivity contribution in [2.75, 3.05) is 7.05 Å². The second kappa shape index (κ2) is 6.23. The number of hydrogen-bond donors (Lipinski definition) is 1. The van der Waals surface area contributed by atoms with E-state index in [4.69, 9.17) is 0 Å². The van der Waals surface area contributed by atoms with E-state index in [1.165, 1.54) is 51.4 Å². The summed E-state index contributed by atoms with van der Waals surface area (Å²) < 4.78 is 0. The predicted octanol–water partition coefficient (Wildman–Crippen LogP) is 5.08. The van der Waals surface area contributed by atoms with E-state index in [1.54, 1.807) is 0 Å². The van der Waals surface area contributed by atoms with Crippen molar-refractivity contribution in [3.63, 3.8) is 0 Å². The Kier molecular flexibility index (Phi) is 4.56. The Morgan fingerprint density at radius 3 is 1.96 bits per heavy atom. The SMILES string of the molecule is CN1C2CCCCC2C2C1C1CCCCC1C2C(C)(C)NC(C)(C)C. The van der Waals surface area contributed by atoms with Gasteiger partial charge >= 0.3 is 0 Å². The highest BCUT2D eigenvalue weighted by Gasteiger charge is 2.63. The number of nitrogens with one attached hydrogen (secondary N) is 1. The minimum atomic E-state index is 0.197. The van der Waals surface area contributed by atoms with Gasteiger partial charge in [0.25, 0.3) is 0 Å². The maximum atomic E-state index is 4.07. The van der Waals surface area contributed by atoms with Gasteiger partial charge in [-0.25, -0.2) is 0 Å². The molecule has 4 fully saturated rings. The standard InChI is InChI=1S/C23H42N2/c1-22(2,3)24-23(4,5)20-15-11-7-8-12-16(15)21-19(20)17-13-9-10-14-18(17)25(21)6/h15-21,24H,7-14H2,1-6H3. The fraction of sp³-hybridized carbons (Fsp3) is 1.00. The number of rotatable bonds is 2. The first kappa shape index (κ1) is 18.3. The summed E-state index contributed by atoms with van der Waals surface area (Å²) in [5, 5.41) is 4.07. The van der Waals surface area contributed by atoms with Crippen LogP contribution in [0.15, 0.2) is 0 Å². The van der Waals surface area contributed by atoms with E-state index in [9.17, 15) is 0 Å². The number of fused-ring (bicyclic) bond motifs is 5. The molecule has 1 aliphatic heterocycles. The minimum Gasteiger partial charge on any atom is -0.307 e. The molecule has 3 aliphatic carbocycles. The van der Waals surface area contributed by atoms with Gasteiger partial charge in [-0.1, -0.05) is 25.7 Å². The van der Waals surface area contributed by atoms with Crippen molar-refractivity contribution < 1.29 is 0 Å². The zero-order valence-corrected chi connectivity index (χ0v) is 17.6. The zero-order valence-electron chi connectivity index (χ0n) is 17.6. The summed E-state index contributed by atoms with van der Waals surface area (Å²) in [6, 6.07) is 1.77. The van der Waals surface area contributed by atoms with Crippen LogP contribution in [0.3, 0.4) is 0 Å². The summed E-state index contributed by atoms with van der Waals surface area (Å²) in [6.07, 6.45) is 11.8. The lowest BCUT2D eigenvalue weighted by Crippen LogP contribution is -2.57. The molecule has 0 spiro atoms. The molecule has 2 heteroatoms. The molecular weight excluding hydrogens is 304 g/mol. The van der Waals surface area contributed by atoms with E-state index in [2.05, 4.69) is 51.9 Å². The predicted molar refractivity (Wildman–Crippen MR) is 107 cm³/mol. The summed E-state index contributed by atoms with van der Waals surface area (Å²) in [6.45, 7) is 12.1. The van der Waals surface area contributed by atoms with Gasteiger partial charge in [-0.3, -0.25) is 4.90 Å². The fourth-order valence-corrected chi connectivity index (χ4v) is 8.32. The molecule has 1 N–H and O–H groups in total. The average Bonchev–Trinajstić information content (AvgIpc) is 3.00. The molecule has 4 aliphatic rings. The normalized spacial score (nSPS) is 45.1. The van der Waals surface area contributed by atoms with Gasteiger partial charge in [-0.2, -0.15) is 0 Å². The lowest BCUT2D eigenvalue weighted by molar-refractivity contribution is 0.0608. The van der Waals surface area contributed by atoms with Crippen LogP contribution < -0.4 is 5.32 Å². The number of hydrogen-bond acceptors (Lipinski definition) is 2. The summed E-state index contributed by atoms with van der Waals surface area (Å²) in [5.74, 6) is 4.70. The van der Waals surface area contributed by atoms with Crippen LogP contribution >= 0.6 is 0 Å². The maximum Gasteiger partial charge on any atom is 0.0164 e. The van der Waals surface area contributed by atoms with Gasteiger partial charge in [0, 0.05) is 23.2 Å². The van der Waals surface area contributed by atoms with Gasteiger partial charge in [0.2, 0.25) is 0 Å². The lowest BCUT2D eigenvalue weighted by Gasteiger charge is -2.47. The highest BCUT2D eigenvalue weighted by molar-refractivity contribution is 5.16. The van der Waals surface area contributed by atoms with Crippen molar-refractivity contribution in [1.82, 2.24) is 10.2 Å². The molecule has 0 bridgehead atoms. The second-order valence-electron chi connectivity index (χ2n) is 11.5. The first-order valence-electron chi connectivity index (χ1n) is 11.2. The van der Waals surface area contributed by atoms with E-state index < -0.39 is 0 Å². The van der Waals surface area contributed by atoms with E-state index in [0.29, 0.717) is 0 Å². The summed E-state index contributed by atoms with van der Waals surface area (Å²) in [4.78, 5) is 2.89. The van der Waals surface area contributed by atoms with Crippen LogP contribution in [0.25, 0.3) is 0 Å². The highest BCUT2D eigenvalue weighted by atomic mass is 15.2. The van der Waals surface area contributed by atoms with Crippen LogP contribution in [0.5, 0.6) is 0 Å². The van der Waals surface area contributed by atoms with Crippen molar-refractivity contribution in [2.24, 2.45) is 29.6 Å². The van der Waals surface area contributed by atoms with Crippen LogP contribution in [0.4, 0.5) is 0 Å². The van der Waals surface area contributed by atoms with Crippen molar-refractivity contribution in [3.8, 4) is 0 Å². The highest BCUT2D eigenvalue weighted by Crippen LogP contribution is 2.62. The third-order valence-corrected chi connectivity index (χ3v) is 8.38. The maximum absolute atomic E-state index is 4.07. The molecule has 0 aromatic carbocycles. The van der Waals surface area contributed by atoms with Gasteiger partial charge in [-0.15, -0.1) is 0 Å². The smallest absolute Gasteiger partial charge is 0.0164 e. The fourth-order valence-electron chi connectivity index (χ4n) is 8.32. The second-order valence-corrected chi connectivity index (χ2v) is 11.5. The monoisotopic (exact) mass is 346 g/mol. The van der Waals surface area contributed by atoms with E-state index in [0.717, 1.165) is 41.7 Å². The topological polar surface area (TPSA) is 15.3 Å². The molecule has 0 radical (unpaired) electrons.